The minimum Gasteiger partial charge on any atom is -0.323 e. The number of ketones is 1. The Morgan fingerprint density at radius 1 is 1.16 bits per heavy atom. The van der Waals surface area contributed by atoms with E-state index in [1.165, 1.54) is 0 Å². The third kappa shape index (κ3) is 3.48. The van der Waals surface area contributed by atoms with Crippen LogP contribution in [0, 0.1) is 5.92 Å². The van der Waals surface area contributed by atoms with Crippen LogP contribution in [-0.4, -0.2) is 10.8 Å². The molecule has 3 nitrogen and oxygen atoms in total. The average Bonchev–Trinajstić information content (AvgIpc) is 2.47. The molecule has 1 heterocycles. The van der Waals surface area contributed by atoms with Gasteiger partial charge in [-0.25, -0.2) is 0 Å². The van der Waals surface area contributed by atoms with Crippen LogP contribution in [0.2, 0.25) is 0 Å². The Morgan fingerprint density at radius 3 is 2.42 bits per heavy atom. The van der Waals surface area contributed by atoms with Crippen LogP contribution in [0.25, 0.3) is 0 Å². The van der Waals surface area contributed by atoms with Gasteiger partial charge in [-0.15, -0.1) is 0 Å². The molecule has 0 aliphatic carbocycles. The lowest BCUT2D eigenvalue weighted by Gasteiger charge is -2.19. The van der Waals surface area contributed by atoms with Crippen LogP contribution in [0.4, 0.5) is 0 Å². The number of benzene rings is 1. The minimum atomic E-state index is -0.254. The van der Waals surface area contributed by atoms with Gasteiger partial charge in [0.25, 0.3) is 0 Å². The van der Waals surface area contributed by atoms with Gasteiger partial charge in [0, 0.05) is 30.8 Å². The van der Waals surface area contributed by atoms with Crippen LogP contribution < -0.4 is 5.73 Å². The number of nitrogens with two attached hydrogens (primary N) is 1. The Hall–Kier alpha value is -2.00. The van der Waals surface area contributed by atoms with Crippen molar-refractivity contribution in [3.63, 3.8) is 0 Å². The first-order valence-corrected chi connectivity index (χ1v) is 6.40. The van der Waals surface area contributed by atoms with E-state index >= 15 is 0 Å². The van der Waals surface area contributed by atoms with Crippen LogP contribution in [0.5, 0.6) is 0 Å². The summed E-state index contributed by atoms with van der Waals surface area (Å²) in [6, 6.07) is 13.2. The van der Waals surface area contributed by atoms with E-state index in [-0.39, 0.29) is 17.7 Å². The molecule has 0 saturated heterocycles. The van der Waals surface area contributed by atoms with Gasteiger partial charge in [-0.3, -0.25) is 9.78 Å². The Bertz CT molecular complexity index is 525. The summed E-state index contributed by atoms with van der Waals surface area (Å²) in [5.41, 5.74) is 8.14. The number of aromatic nitrogens is 1. The molecule has 2 N–H and O–H groups in total. The Morgan fingerprint density at radius 2 is 1.79 bits per heavy atom. The zero-order valence-corrected chi connectivity index (χ0v) is 11.0. The molecule has 0 aliphatic heterocycles. The summed E-state index contributed by atoms with van der Waals surface area (Å²) >= 11 is 0. The van der Waals surface area contributed by atoms with Crippen molar-refractivity contribution < 1.29 is 4.79 Å². The number of carbonyl (C=O) groups is 1. The fraction of sp³-hybridized carbons (Fsp3) is 0.250. The summed E-state index contributed by atoms with van der Waals surface area (Å²) < 4.78 is 0. The molecule has 0 aliphatic rings. The van der Waals surface area contributed by atoms with Crippen molar-refractivity contribution in [1.29, 1.82) is 0 Å². The highest BCUT2D eigenvalue weighted by molar-refractivity contribution is 5.83. The summed E-state index contributed by atoms with van der Waals surface area (Å²) in [5.74, 6) is -0.0434. The topological polar surface area (TPSA) is 56.0 Å². The van der Waals surface area contributed by atoms with Crippen LogP contribution in [0.15, 0.2) is 54.9 Å². The van der Waals surface area contributed by atoms with E-state index < -0.39 is 0 Å². The lowest BCUT2D eigenvalue weighted by atomic mass is 9.89. The second-order valence-electron chi connectivity index (χ2n) is 4.72. The highest BCUT2D eigenvalue weighted by atomic mass is 16.1. The maximum Gasteiger partial charge on any atom is 0.141 e. The third-order valence-corrected chi connectivity index (χ3v) is 3.36. The highest BCUT2D eigenvalue weighted by Gasteiger charge is 2.21. The van der Waals surface area contributed by atoms with E-state index in [2.05, 4.69) is 4.98 Å². The van der Waals surface area contributed by atoms with Crippen LogP contribution in [0.1, 0.15) is 24.1 Å². The van der Waals surface area contributed by atoms with Gasteiger partial charge in [0.15, 0.2) is 0 Å². The Labute approximate surface area is 113 Å². The first-order valence-electron chi connectivity index (χ1n) is 6.40. The summed E-state index contributed by atoms with van der Waals surface area (Å²) in [4.78, 5) is 16.2. The maximum absolute atomic E-state index is 12.2. The number of hydrogen-bond acceptors (Lipinski definition) is 3. The molecular formula is C16H18N2O. The fourth-order valence-corrected chi connectivity index (χ4v) is 2.03. The number of carbonyl (C=O) groups excluding carboxylic acids is 1. The summed E-state index contributed by atoms with van der Waals surface area (Å²) in [5, 5.41) is 0. The first-order chi connectivity index (χ1) is 9.18. The molecule has 2 aromatic rings. The second kappa shape index (κ2) is 6.25. The molecule has 3 heteroatoms. The lowest BCUT2D eigenvalue weighted by molar-refractivity contribution is -0.122. The van der Waals surface area contributed by atoms with E-state index in [0.717, 1.165) is 11.1 Å². The van der Waals surface area contributed by atoms with Crippen molar-refractivity contribution in [3.8, 4) is 0 Å². The van der Waals surface area contributed by atoms with Crippen molar-refractivity contribution in [1.82, 2.24) is 4.98 Å². The number of hydrogen-bond donors (Lipinski definition) is 1. The van der Waals surface area contributed by atoms with Crippen LogP contribution in [-0.2, 0) is 11.2 Å². The van der Waals surface area contributed by atoms with Gasteiger partial charge in [0.05, 0.1) is 0 Å². The SMILES string of the molecule is CC(C(=O)Cc1ccncc1)C(N)c1ccccc1. The molecule has 19 heavy (non-hydrogen) atoms. The molecule has 0 bridgehead atoms. The lowest BCUT2D eigenvalue weighted by Crippen LogP contribution is -2.27. The first kappa shape index (κ1) is 13.4. The van der Waals surface area contributed by atoms with Gasteiger partial charge >= 0.3 is 0 Å². The molecule has 0 saturated carbocycles. The quantitative estimate of drug-likeness (QED) is 0.892. The predicted octanol–water partition coefficient (Wildman–Crippen LogP) is 2.53. The van der Waals surface area contributed by atoms with Gasteiger partial charge in [-0.2, -0.15) is 0 Å². The monoisotopic (exact) mass is 254 g/mol. The van der Waals surface area contributed by atoms with Gasteiger partial charge < -0.3 is 5.73 Å². The van der Waals surface area contributed by atoms with Gasteiger partial charge in [0.2, 0.25) is 0 Å². The number of rotatable bonds is 5. The molecule has 0 spiro atoms. The molecule has 98 valence electrons. The molecule has 1 aromatic heterocycles. The maximum atomic E-state index is 12.2. The number of Topliss-reactive ketones (excluding diaryl/α,β-unsaturated/α-hetero) is 1. The highest BCUT2D eigenvalue weighted by Crippen LogP contribution is 2.21. The standard InChI is InChI=1S/C16H18N2O/c1-12(16(17)14-5-3-2-4-6-14)15(19)11-13-7-9-18-10-8-13/h2-10,12,16H,11,17H2,1H3. The van der Waals surface area contributed by atoms with E-state index in [1.807, 2.05) is 49.4 Å². The van der Waals surface area contributed by atoms with Gasteiger partial charge in [0.1, 0.15) is 5.78 Å². The largest absolute Gasteiger partial charge is 0.323 e. The smallest absolute Gasteiger partial charge is 0.141 e. The van der Waals surface area contributed by atoms with Gasteiger partial charge in [-0.05, 0) is 23.3 Å². The van der Waals surface area contributed by atoms with E-state index in [9.17, 15) is 4.79 Å². The molecule has 0 fully saturated rings. The van der Waals surface area contributed by atoms with E-state index in [4.69, 9.17) is 5.73 Å². The molecule has 1 aromatic carbocycles. The minimum absolute atomic E-state index is 0.155. The van der Waals surface area contributed by atoms with Crippen molar-refractivity contribution in [2.24, 2.45) is 11.7 Å². The van der Waals surface area contributed by atoms with Crippen molar-refractivity contribution in [3.05, 3.63) is 66.0 Å². The summed E-state index contributed by atoms with van der Waals surface area (Å²) in [6.45, 7) is 1.89. The molecular weight excluding hydrogens is 236 g/mol. The summed E-state index contributed by atoms with van der Waals surface area (Å²) in [6.07, 6.45) is 3.80. The van der Waals surface area contributed by atoms with Gasteiger partial charge in [-0.1, -0.05) is 37.3 Å². The number of pyridine rings is 1. The van der Waals surface area contributed by atoms with E-state index in [1.54, 1.807) is 12.4 Å². The molecule has 2 unspecified atom stereocenters. The Kier molecular flexibility index (Phi) is 4.42. The molecule has 0 amide bonds. The van der Waals surface area contributed by atoms with E-state index in [0.29, 0.717) is 6.42 Å². The van der Waals surface area contributed by atoms with Crippen LogP contribution in [0.3, 0.4) is 0 Å². The normalized spacial score (nSPS) is 13.8. The third-order valence-electron chi connectivity index (χ3n) is 3.36. The van der Waals surface area contributed by atoms with Crippen molar-refractivity contribution >= 4 is 5.78 Å². The molecule has 0 radical (unpaired) electrons. The Balaban J connectivity index is 2.03. The molecule has 2 rings (SSSR count). The van der Waals surface area contributed by atoms with Crippen LogP contribution >= 0.6 is 0 Å². The van der Waals surface area contributed by atoms with Crippen molar-refractivity contribution in [2.75, 3.05) is 0 Å². The molecule has 2 atom stereocenters. The fourth-order valence-electron chi connectivity index (χ4n) is 2.03. The summed E-state index contributed by atoms with van der Waals surface area (Å²) in [7, 11) is 0. The van der Waals surface area contributed by atoms with Crippen molar-refractivity contribution in [2.45, 2.75) is 19.4 Å². The average molecular weight is 254 g/mol. The zero-order chi connectivity index (χ0) is 13.7. The second-order valence-corrected chi connectivity index (χ2v) is 4.72. The number of nitrogens with zero attached hydrogens (tertiary/aromatic N) is 1. The zero-order valence-electron chi connectivity index (χ0n) is 11.0. The predicted molar refractivity (Wildman–Crippen MR) is 75.5 cm³/mol.